The lowest BCUT2D eigenvalue weighted by atomic mass is 10.1. The number of benzene rings is 2. The molecule has 208 valence electrons. The monoisotopic (exact) mass is 592 g/mol. The smallest absolute Gasteiger partial charge is 0.434 e. The maximum Gasteiger partial charge on any atom is 0.434 e. The van der Waals surface area contributed by atoms with Crippen LogP contribution in [0.4, 0.5) is 18.9 Å². The summed E-state index contributed by atoms with van der Waals surface area (Å²) in [6, 6.07) is 11.7. The molecule has 0 aliphatic carbocycles. The number of hydrogen-bond acceptors (Lipinski definition) is 7. The van der Waals surface area contributed by atoms with E-state index >= 15 is 0 Å². The van der Waals surface area contributed by atoms with Crippen LogP contribution < -0.4 is 14.8 Å². The summed E-state index contributed by atoms with van der Waals surface area (Å²) < 4.78 is 79.6. The predicted octanol–water partition coefficient (Wildman–Crippen LogP) is 5.19. The van der Waals surface area contributed by atoms with Gasteiger partial charge < -0.3 is 9.15 Å². The lowest BCUT2D eigenvalue weighted by Crippen LogP contribution is -2.43. The van der Waals surface area contributed by atoms with Crippen molar-refractivity contribution >= 4 is 39.5 Å². The van der Waals surface area contributed by atoms with Crippen LogP contribution in [0.2, 0.25) is 5.02 Å². The summed E-state index contributed by atoms with van der Waals surface area (Å²) in [5.41, 5.74) is 0.132. The fraction of sp³-hybridized carbons (Fsp3) is 0.192. The highest BCUT2D eigenvalue weighted by molar-refractivity contribution is 7.92. The Morgan fingerprint density at radius 3 is 2.67 bits per heavy atom. The molecule has 1 aliphatic rings. The van der Waals surface area contributed by atoms with Gasteiger partial charge in [-0.1, -0.05) is 29.8 Å². The molecule has 4 aromatic rings. The fourth-order valence-corrected chi connectivity index (χ4v) is 5.85. The maximum atomic E-state index is 13.8. The zero-order valence-corrected chi connectivity index (χ0v) is 22.0. The quantitative estimate of drug-likeness (QED) is 0.314. The van der Waals surface area contributed by atoms with Crippen molar-refractivity contribution in [2.75, 3.05) is 10.8 Å². The first-order valence-electron chi connectivity index (χ1n) is 11.8. The first-order valence-corrected chi connectivity index (χ1v) is 13.7. The van der Waals surface area contributed by atoms with Gasteiger partial charge in [0.2, 0.25) is 5.89 Å². The molecule has 0 fully saturated rings. The van der Waals surface area contributed by atoms with Crippen molar-refractivity contribution < 1.29 is 30.7 Å². The van der Waals surface area contributed by atoms with Gasteiger partial charge in [-0.15, -0.1) is 5.10 Å². The zero-order valence-electron chi connectivity index (χ0n) is 20.4. The van der Waals surface area contributed by atoms with E-state index in [-0.39, 0.29) is 36.7 Å². The van der Waals surface area contributed by atoms with Gasteiger partial charge in [-0.05, 0) is 60.5 Å². The summed E-state index contributed by atoms with van der Waals surface area (Å²) in [5.74, 6) is -0.408. The molecular weight excluding hydrogens is 573 g/mol. The zero-order chi connectivity index (χ0) is 28.5. The molecule has 9 nitrogen and oxygen atoms in total. The summed E-state index contributed by atoms with van der Waals surface area (Å²) in [4.78, 5) is 14.9. The maximum absolute atomic E-state index is 13.8. The third kappa shape index (κ3) is 5.89. The first kappa shape index (κ1) is 27.5. The van der Waals surface area contributed by atoms with Gasteiger partial charge in [0, 0.05) is 12.6 Å². The Kier molecular flexibility index (Phi) is 7.43. The second kappa shape index (κ2) is 10.8. The summed E-state index contributed by atoms with van der Waals surface area (Å²) in [6.45, 7) is -0.209. The van der Waals surface area contributed by atoms with Gasteiger partial charge >= 0.3 is 11.9 Å². The highest BCUT2D eigenvalue weighted by Crippen LogP contribution is 2.40. The molecule has 2 aromatic carbocycles. The number of sulfonamides is 1. The molecule has 2 aromatic heterocycles. The van der Waals surface area contributed by atoms with Crippen molar-refractivity contribution in [1.82, 2.24) is 15.2 Å². The van der Waals surface area contributed by atoms with Crippen LogP contribution in [0.1, 0.15) is 29.1 Å². The largest absolute Gasteiger partial charge is 0.486 e. The number of pyridine rings is 1. The highest BCUT2D eigenvalue weighted by Gasteiger charge is 2.37. The Labute approximate surface area is 230 Å². The average molecular weight is 593 g/mol. The number of aromatic amines is 1. The normalized spacial score (nSPS) is 15.7. The van der Waals surface area contributed by atoms with Crippen LogP contribution in [0.25, 0.3) is 12.2 Å². The number of nitrogens with one attached hydrogen (secondary N) is 1. The van der Waals surface area contributed by atoms with Crippen LogP contribution in [0.3, 0.4) is 0 Å². The molecule has 1 unspecified atom stereocenters. The number of rotatable bonds is 7. The van der Waals surface area contributed by atoms with E-state index in [9.17, 15) is 26.4 Å². The Balaban J connectivity index is 1.52. The second-order valence-corrected chi connectivity index (χ2v) is 11.0. The van der Waals surface area contributed by atoms with Crippen LogP contribution in [-0.4, -0.2) is 36.2 Å². The molecule has 0 spiro atoms. The van der Waals surface area contributed by atoms with Gasteiger partial charge in [-0.3, -0.25) is 9.29 Å². The van der Waals surface area contributed by atoms with Crippen molar-refractivity contribution in [3.63, 3.8) is 0 Å². The third-order valence-electron chi connectivity index (χ3n) is 6.05. The van der Waals surface area contributed by atoms with Crippen LogP contribution >= 0.6 is 11.6 Å². The molecule has 40 heavy (non-hydrogen) atoms. The minimum absolute atomic E-state index is 0.111. The Bertz CT molecular complexity index is 1740. The minimum atomic E-state index is -4.73. The minimum Gasteiger partial charge on any atom is -0.486 e. The number of H-pyrrole nitrogens is 1. The van der Waals surface area contributed by atoms with Gasteiger partial charge in [-0.2, -0.15) is 13.2 Å². The number of halogens is 4. The highest BCUT2D eigenvalue weighted by atomic mass is 35.5. The van der Waals surface area contributed by atoms with E-state index in [1.807, 2.05) is 0 Å². The molecular formula is C26H20ClF3N4O5S. The number of nitrogens with zero attached hydrogens (tertiary/aromatic N) is 3. The summed E-state index contributed by atoms with van der Waals surface area (Å²) in [7, 11) is -4.46. The molecule has 1 N–H and O–H groups in total. The lowest BCUT2D eigenvalue weighted by Gasteiger charge is -2.35. The Morgan fingerprint density at radius 2 is 1.95 bits per heavy atom. The van der Waals surface area contributed by atoms with Crippen LogP contribution in [0.5, 0.6) is 5.75 Å². The molecule has 0 saturated heterocycles. The summed E-state index contributed by atoms with van der Waals surface area (Å²) in [5, 5.41) is 6.30. The molecule has 0 bridgehead atoms. The third-order valence-corrected chi connectivity index (χ3v) is 8.14. The van der Waals surface area contributed by atoms with Gasteiger partial charge in [0.25, 0.3) is 10.0 Å². The number of aryl methyl sites for hydroxylation is 1. The Hall–Kier alpha value is -4.10. The molecule has 1 atom stereocenters. The topological polar surface area (TPSA) is 118 Å². The van der Waals surface area contributed by atoms with E-state index in [1.165, 1.54) is 0 Å². The van der Waals surface area contributed by atoms with E-state index in [0.717, 1.165) is 22.5 Å². The van der Waals surface area contributed by atoms with E-state index in [1.54, 1.807) is 48.7 Å². The fourth-order valence-electron chi connectivity index (χ4n) is 4.12. The van der Waals surface area contributed by atoms with Crippen molar-refractivity contribution in [2.45, 2.75) is 30.0 Å². The molecule has 14 heteroatoms. The average Bonchev–Trinajstić information content (AvgIpc) is 3.35. The molecule has 3 heterocycles. The van der Waals surface area contributed by atoms with E-state index < -0.39 is 38.5 Å². The van der Waals surface area contributed by atoms with E-state index in [2.05, 4.69) is 15.2 Å². The van der Waals surface area contributed by atoms with Gasteiger partial charge in [-0.25, -0.2) is 18.3 Å². The number of hydrogen-bond donors (Lipinski definition) is 1. The number of ether oxygens (including phenoxy) is 1. The molecule has 0 amide bonds. The number of alkyl halides is 3. The number of anilines is 1. The van der Waals surface area contributed by atoms with E-state index in [4.69, 9.17) is 20.8 Å². The Morgan fingerprint density at radius 1 is 1.12 bits per heavy atom. The van der Waals surface area contributed by atoms with Crippen molar-refractivity contribution in [3.8, 4) is 5.75 Å². The van der Waals surface area contributed by atoms with Crippen molar-refractivity contribution in [2.24, 2.45) is 0 Å². The van der Waals surface area contributed by atoms with Gasteiger partial charge in [0.05, 0.1) is 33.4 Å². The molecule has 1 aliphatic heterocycles. The second-order valence-electron chi connectivity index (χ2n) is 8.78. The SMILES string of the molecule is O=c1[nH]nc(CCC2CN(S(=O)(=O)c3cccc(C(F)(F)F)c3)c3cc(C=Cc4ncccc4Cl)ccc3O2)o1. The predicted molar refractivity (Wildman–Crippen MR) is 140 cm³/mol. The summed E-state index contributed by atoms with van der Waals surface area (Å²) >= 11 is 6.16. The standard InChI is InChI=1S/C26H20ClF3N4O5S/c27-20-5-2-12-31-21(20)9-6-16-7-10-23-22(13-16)34(15-18(38-23)8-11-24-32-33-25(35)39-24)40(36,37)19-4-1-3-17(14-19)26(28,29)30/h1-7,9-10,12-14,18H,8,11,15H2,(H,33,35). The number of fused-ring (bicyclic) bond motifs is 1. The summed E-state index contributed by atoms with van der Waals surface area (Å²) in [6.07, 6.45) is -0.179. The van der Waals surface area contributed by atoms with Gasteiger partial charge in [0.1, 0.15) is 11.9 Å². The van der Waals surface area contributed by atoms with Crippen LogP contribution in [0.15, 0.2) is 74.9 Å². The molecule has 0 saturated carbocycles. The molecule has 0 radical (unpaired) electrons. The lowest BCUT2D eigenvalue weighted by molar-refractivity contribution is -0.137. The molecule has 5 rings (SSSR count). The van der Waals surface area contributed by atoms with E-state index in [0.29, 0.717) is 22.3 Å². The van der Waals surface area contributed by atoms with Crippen LogP contribution in [0, 0.1) is 0 Å². The van der Waals surface area contributed by atoms with Crippen molar-refractivity contribution in [1.29, 1.82) is 0 Å². The van der Waals surface area contributed by atoms with Crippen molar-refractivity contribution in [3.05, 3.63) is 99.1 Å². The van der Waals surface area contributed by atoms with Gasteiger partial charge in [0.15, 0.2) is 0 Å². The first-order chi connectivity index (χ1) is 19.0. The number of aromatic nitrogens is 3. The van der Waals surface area contributed by atoms with Crippen LogP contribution in [-0.2, 0) is 22.6 Å².